The number of benzene rings is 1. The molecule has 0 aliphatic carbocycles. The average molecular weight is 359 g/mol. The molecule has 1 aromatic rings. The molecule has 0 spiro atoms. The van der Waals surface area contributed by atoms with Crippen LogP contribution in [-0.4, -0.2) is 79.6 Å². The molecular formula is C19H25N3O4. The predicted octanol–water partition coefficient (Wildman–Crippen LogP) is 1.04. The fourth-order valence-corrected chi connectivity index (χ4v) is 3.86. The van der Waals surface area contributed by atoms with Gasteiger partial charge >= 0.3 is 0 Å². The Bertz CT molecular complexity index is 709. The summed E-state index contributed by atoms with van der Waals surface area (Å²) >= 11 is 0. The van der Waals surface area contributed by atoms with Gasteiger partial charge in [-0.15, -0.1) is 0 Å². The van der Waals surface area contributed by atoms with Crippen LogP contribution < -0.4 is 9.47 Å². The van der Waals surface area contributed by atoms with E-state index in [9.17, 15) is 9.59 Å². The van der Waals surface area contributed by atoms with Crippen molar-refractivity contribution in [2.45, 2.75) is 18.9 Å². The van der Waals surface area contributed by atoms with Crippen LogP contribution in [0.25, 0.3) is 0 Å². The van der Waals surface area contributed by atoms with Crippen molar-refractivity contribution in [1.29, 1.82) is 0 Å². The lowest BCUT2D eigenvalue weighted by Gasteiger charge is -2.42. The van der Waals surface area contributed by atoms with Crippen LogP contribution in [-0.2, 0) is 4.79 Å². The minimum atomic E-state index is -0.0855. The summed E-state index contributed by atoms with van der Waals surface area (Å²) in [5, 5.41) is 0. The molecule has 4 rings (SSSR count). The molecule has 0 radical (unpaired) electrons. The fraction of sp³-hybridized carbons (Fsp3) is 0.579. The van der Waals surface area contributed by atoms with Crippen LogP contribution in [0, 0.1) is 5.92 Å². The molecule has 2 amide bonds. The van der Waals surface area contributed by atoms with Gasteiger partial charge in [0.05, 0.1) is 5.92 Å². The number of fused-ring (bicyclic) bond motifs is 1. The summed E-state index contributed by atoms with van der Waals surface area (Å²) in [6.07, 6.45) is 2.04. The number of carbonyl (C=O) groups excluding carboxylic acids is 2. The summed E-state index contributed by atoms with van der Waals surface area (Å²) in [6.45, 7) is 3.23. The van der Waals surface area contributed by atoms with E-state index in [0.717, 1.165) is 25.9 Å². The molecule has 140 valence electrons. The van der Waals surface area contributed by atoms with Crippen molar-refractivity contribution in [3.8, 4) is 11.5 Å². The maximum absolute atomic E-state index is 12.7. The summed E-state index contributed by atoms with van der Waals surface area (Å²) in [4.78, 5) is 31.2. The Labute approximate surface area is 153 Å². The number of nitrogens with zero attached hydrogens (tertiary/aromatic N) is 3. The van der Waals surface area contributed by atoms with E-state index in [-0.39, 0.29) is 24.5 Å². The van der Waals surface area contributed by atoms with E-state index in [1.165, 1.54) is 0 Å². The molecule has 2 fully saturated rings. The van der Waals surface area contributed by atoms with Gasteiger partial charge in [0.1, 0.15) is 0 Å². The number of hydrogen-bond donors (Lipinski definition) is 0. The maximum Gasteiger partial charge on any atom is 0.254 e. The molecule has 3 aliphatic heterocycles. The van der Waals surface area contributed by atoms with Crippen LogP contribution in [0.15, 0.2) is 18.2 Å². The van der Waals surface area contributed by atoms with Crippen molar-refractivity contribution >= 4 is 11.8 Å². The van der Waals surface area contributed by atoms with E-state index >= 15 is 0 Å². The number of carbonyl (C=O) groups is 2. The first-order valence-electron chi connectivity index (χ1n) is 9.17. The molecule has 0 bridgehead atoms. The fourth-order valence-electron chi connectivity index (χ4n) is 3.86. The Morgan fingerprint density at radius 1 is 1.12 bits per heavy atom. The molecule has 7 nitrogen and oxygen atoms in total. The third-order valence-corrected chi connectivity index (χ3v) is 5.72. The summed E-state index contributed by atoms with van der Waals surface area (Å²) in [6, 6.07) is 5.53. The summed E-state index contributed by atoms with van der Waals surface area (Å²) in [5.74, 6) is 1.28. The second kappa shape index (κ2) is 6.79. The van der Waals surface area contributed by atoms with Gasteiger partial charge in [-0.3, -0.25) is 9.59 Å². The Kier molecular flexibility index (Phi) is 4.48. The van der Waals surface area contributed by atoms with Gasteiger partial charge in [-0.2, -0.15) is 0 Å². The van der Waals surface area contributed by atoms with E-state index < -0.39 is 0 Å². The highest BCUT2D eigenvalue weighted by atomic mass is 16.7. The van der Waals surface area contributed by atoms with Crippen LogP contribution >= 0.6 is 0 Å². The zero-order valence-electron chi connectivity index (χ0n) is 15.3. The first-order valence-corrected chi connectivity index (χ1v) is 9.17. The number of ether oxygens (including phenoxy) is 2. The van der Waals surface area contributed by atoms with Gasteiger partial charge in [-0.1, -0.05) is 0 Å². The quantitative estimate of drug-likeness (QED) is 0.807. The second-order valence-corrected chi connectivity index (χ2v) is 7.46. The van der Waals surface area contributed by atoms with E-state index in [1.807, 2.05) is 11.9 Å². The molecule has 3 aliphatic rings. The third-order valence-electron chi connectivity index (χ3n) is 5.72. The Morgan fingerprint density at radius 3 is 2.54 bits per heavy atom. The molecule has 2 saturated heterocycles. The highest BCUT2D eigenvalue weighted by Crippen LogP contribution is 2.33. The molecule has 0 aromatic heterocycles. The molecule has 1 aromatic carbocycles. The number of hydrogen-bond acceptors (Lipinski definition) is 5. The van der Waals surface area contributed by atoms with Crippen molar-refractivity contribution in [3.63, 3.8) is 0 Å². The SMILES string of the molecule is CN1CCC(N(C)C(=O)C2CN(C(=O)c3ccc4c(c3)OCO4)C2)CC1. The molecule has 0 atom stereocenters. The van der Waals surface area contributed by atoms with E-state index in [0.29, 0.717) is 36.2 Å². The molecule has 0 saturated carbocycles. The van der Waals surface area contributed by atoms with Crippen molar-refractivity contribution in [1.82, 2.24) is 14.7 Å². The van der Waals surface area contributed by atoms with Crippen LogP contribution in [0.3, 0.4) is 0 Å². The average Bonchev–Trinajstić information content (AvgIpc) is 3.08. The molecule has 26 heavy (non-hydrogen) atoms. The van der Waals surface area contributed by atoms with Crippen molar-refractivity contribution < 1.29 is 19.1 Å². The van der Waals surface area contributed by atoms with Crippen molar-refractivity contribution in [2.75, 3.05) is 47.1 Å². The van der Waals surface area contributed by atoms with Crippen LogP contribution in [0.1, 0.15) is 23.2 Å². The van der Waals surface area contributed by atoms with Gasteiger partial charge in [0, 0.05) is 31.7 Å². The largest absolute Gasteiger partial charge is 0.454 e. The van der Waals surface area contributed by atoms with E-state index in [4.69, 9.17) is 9.47 Å². The lowest BCUT2D eigenvalue weighted by molar-refractivity contribution is -0.141. The van der Waals surface area contributed by atoms with Crippen molar-refractivity contribution in [3.05, 3.63) is 23.8 Å². The zero-order valence-corrected chi connectivity index (χ0v) is 15.3. The monoisotopic (exact) mass is 359 g/mol. The summed E-state index contributed by atoms with van der Waals surface area (Å²) in [7, 11) is 4.02. The Morgan fingerprint density at radius 2 is 1.81 bits per heavy atom. The Balaban J connectivity index is 1.31. The smallest absolute Gasteiger partial charge is 0.254 e. The van der Waals surface area contributed by atoms with Gasteiger partial charge in [0.25, 0.3) is 5.91 Å². The first-order chi connectivity index (χ1) is 12.5. The highest BCUT2D eigenvalue weighted by Gasteiger charge is 2.39. The zero-order chi connectivity index (χ0) is 18.3. The third kappa shape index (κ3) is 3.11. The summed E-state index contributed by atoms with van der Waals surface area (Å²) in [5.41, 5.74) is 0.573. The van der Waals surface area contributed by atoms with Gasteiger partial charge in [-0.25, -0.2) is 0 Å². The predicted molar refractivity (Wildman–Crippen MR) is 95.2 cm³/mol. The van der Waals surface area contributed by atoms with Gasteiger partial charge in [0.15, 0.2) is 11.5 Å². The molecular weight excluding hydrogens is 334 g/mol. The van der Waals surface area contributed by atoms with E-state index in [2.05, 4.69) is 11.9 Å². The molecule has 0 N–H and O–H groups in total. The number of piperidine rings is 1. The second-order valence-electron chi connectivity index (χ2n) is 7.46. The minimum absolute atomic E-state index is 0.0608. The van der Waals surface area contributed by atoms with Gasteiger partial charge in [0.2, 0.25) is 12.7 Å². The molecule has 0 unspecified atom stereocenters. The molecule has 3 heterocycles. The van der Waals surface area contributed by atoms with Crippen molar-refractivity contribution in [2.24, 2.45) is 5.92 Å². The van der Waals surface area contributed by atoms with Gasteiger partial charge in [-0.05, 0) is 51.2 Å². The van der Waals surface area contributed by atoms with Crippen LogP contribution in [0.2, 0.25) is 0 Å². The minimum Gasteiger partial charge on any atom is -0.454 e. The first kappa shape index (κ1) is 17.1. The number of rotatable bonds is 3. The highest BCUT2D eigenvalue weighted by molar-refractivity contribution is 5.96. The number of likely N-dealkylation sites (tertiary alicyclic amines) is 2. The summed E-state index contributed by atoms with van der Waals surface area (Å²) < 4.78 is 10.6. The number of amides is 2. The lowest BCUT2D eigenvalue weighted by Crippen LogP contribution is -2.57. The lowest BCUT2D eigenvalue weighted by atomic mass is 9.95. The standard InChI is InChI=1S/C19H25N3O4/c1-20-7-5-15(6-8-20)21(2)18(23)14-10-22(11-14)19(24)13-3-4-16-17(9-13)26-12-25-16/h3-4,9,14-15H,5-8,10-12H2,1-2H3. The van der Waals surface area contributed by atoms with Gasteiger partial charge < -0.3 is 24.2 Å². The molecule has 7 heteroatoms. The normalized spacial score (nSPS) is 20.8. The maximum atomic E-state index is 12.7. The Hall–Kier alpha value is -2.28. The van der Waals surface area contributed by atoms with Crippen LogP contribution in [0.5, 0.6) is 11.5 Å². The van der Waals surface area contributed by atoms with Crippen LogP contribution in [0.4, 0.5) is 0 Å². The topological polar surface area (TPSA) is 62.3 Å². The van der Waals surface area contributed by atoms with E-state index in [1.54, 1.807) is 23.1 Å².